The van der Waals surface area contributed by atoms with Gasteiger partial charge >= 0.3 is 6.18 Å². The number of rotatable bonds is 8. The molecule has 5 rings (SSSR count). The molecule has 0 atom stereocenters. The van der Waals surface area contributed by atoms with Gasteiger partial charge in [-0.2, -0.15) is 17.6 Å². The van der Waals surface area contributed by atoms with Crippen LogP contribution >= 0.6 is 11.3 Å². The highest BCUT2D eigenvalue weighted by molar-refractivity contribution is 7.19. The molecule has 2 aromatic heterocycles. The number of carbonyl (C=O) groups excluding carboxylic acids is 1. The van der Waals surface area contributed by atoms with E-state index in [0.717, 1.165) is 41.5 Å². The van der Waals surface area contributed by atoms with Gasteiger partial charge in [0.2, 0.25) is 5.95 Å². The van der Waals surface area contributed by atoms with Gasteiger partial charge in [-0.15, -0.1) is 0 Å². The number of fused-ring (bicyclic) bond motifs is 1. The number of amides is 1. The summed E-state index contributed by atoms with van der Waals surface area (Å²) in [6, 6.07) is 12.2. The maximum absolute atomic E-state index is 13.7. The number of anilines is 1. The highest BCUT2D eigenvalue weighted by Crippen LogP contribution is 2.35. The van der Waals surface area contributed by atoms with Gasteiger partial charge in [-0.05, 0) is 60.4 Å². The third-order valence-corrected chi connectivity index (χ3v) is 6.97. The summed E-state index contributed by atoms with van der Waals surface area (Å²) in [5, 5.41) is 8.23. The molecule has 10 heteroatoms. The number of benzene rings is 2. The Morgan fingerprint density at radius 2 is 1.81 bits per heavy atom. The van der Waals surface area contributed by atoms with Gasteiger partial charge in [0.05, 0.1) is 10.4 Å². The van der Waals surface area contributed by atoms with E-state index in [1.807, 2.05) is 18.2 Å². The fourth-order valence-electron chi connectivity index (χ4n) is 3.83. The molecule has 2 heterocycles. The van der Waals surface area contributed by atoms with E-state index in [2.05, 4.69) is 20.6 Å². The molecule has 1 saturated carbocycles. The predicted octanol–water partition coefficient (Wildman–Crippen LogP) is 7.09. The number of hydrogen-bond donors (Lipinski definition) is 2. The number of halogens is 4. The molecule has 1 amide bonds. The van der Waals surface area contributed by atoms with Crippen molar-refractivity contribution in [2.75, 3.05) is 11.9 Å². The zero-order valence-electron chi connectivity index (χ0n) is 19.0. The first kappa shape index (κ1) is 26.5. The van der Waals surface area contributed by atoms with Crippen molar-refractivity contribution in [3.63, 3.8) is 0 Å². The van der Waals surface area contributed by atoms with Crippen LogP contribution in [0, 0.1) is 5.95 Å². The molecule has 2 N–H and O–H groups in total. The Labute approximate surface area is 216 Å². The number of nitrogens with zero attached hydrogens (tertiary/aromatic N) is 2. The van der Waals surface area contributed by atoms with Crippen molar-refractivity contribution in [3.05, 3.63) is 77.5 Å². The number of hydrogen-bond acceptors (Lipinski definition) is 5. The van der Waals surface area contributed by atoms with Crippen molar-refractivity contribution in [2.45, 2.75) is 45.3 Å². The molecular weight excluding hydrogens is 504 g/mol. The largest absolute Gasteiger partial charge is 0.416 e. The Balaban J connectivity index is 0.00000320. The van der Waals surface area contributed by atoms with Gasteiger partial charge in [-0.25, -0.2) is 9.97 Å². The number of nitrogens with one attached hydrogen (secondary N) is 2. The summed E-state index contributed by atoms with van der Waals surface area (Å²) in [7, 11) is 0. The molecule has 0 bridgehead atoms. The third kappa shape index (κ3) is 6.43. The summed E-state index contributed by atoms with van der Waals surface area (Å²) in [6.07, 6.45) is 0.285. The van der Waals surface area contributed by atoms with Gasteiger partial charge in [-0.1, -0.05) is 43.0 Å². The molecule has 37 heavy (non-hydrogen) atoms. The van der Waals surface area contributed by atoms with E-state index < -0.39 is 17.7 Å². The van der Waals surface area contributed by atoms with Crippen molar-refractivity contribution in [1.82, 2.24) is 15.3 Å². The number of pyridine rings is 1. The van der Waals surface area contributed by atoms with Crippen molar-refractivity contribution in [2.24, 2.45) is 0 Å². The van der Waals surface area contributed by atoms with E-state index in [1.54, 1.807) is 0 Å². The molecule has 0 spiro atoms. The van der Waals surface area contributed by atoms with Crippen LogP contribution in [0.15, 0.2) is 54.7 Å². The second-order valence-electron chi connectivity index (χ2n) is 8.74. The minimum atomic E-state index is -4.35. The van der Waals surface area contributed by atoms with Gasteiger partial charge in [0.15, 0.2) is 5.13 Å². The lowest BCUT2D eigenvalue weighted by atomic mass is 10.1. The van der Waals surface area contributed by atoms with E-state index in [9.17, 15) is 22.4 Å². The molecule has 0 saturated heterocycles. The average molecular weight is 531 g/mol. The Morgan fingerprint density at radius 1 is 1.05 bits per heavy atom. The van der Waals surface area contributed by atoms with Crippen molar-refractivity contribution < 1.29 is 22.4 Å². The maximum atomic E-state index is 13.7. The summed E-state index contributed by atoms with van der Waals surface area (Å²) in [5.74, 6) is -0.825. The molecule has 1 aliphatic rings. The fraction of sp³-hybridized carbons (Fsp3) is 0.296. The highest BCUT2D eigenvalue weighted by atomic mass is 32.1. The van der Waals surface area contributed by atoms with Gasteiger partial charge in [-0.3, -0.25) is 4.79 Å². The average Bonchev–Trinajstić information content (AvgIpc) is 3.56. The highest BCUT2D eigenvalue weighted by Gasteiger charge is 2.30. The molecule has 194 valence electrons. The fourth-order valence-corrected chi connectivity index (χ4v) is 4.81. The minimum Gasteiger partial charge on any atom is -0.361 e. The van der Waals surface area contributed by atoms with Crippen LogP contribution in [0.2, 0.25) is 0 Å². The predicted molar refractivity (Wildman–Crippen MR) is 138 cm³/mol. The lowest BCUT2D eigenvalue weighted by Gasteiger charge is -2.08. The number of aryl methyl sites for hydroxylation is 1. The van der Waals surface area contributed by atoms with Crippen LogP contribution < -0.4 is 10.6 Å². The topological polar surface area (TPSA) is 66.9 Å². The van der Waals surface area contributed by atoms with Crippen LogP contribution in [0.3, 0.4) is 0 Å². The number of carbonyl (C=O) groups is 1. The molecule has 0 unspecified atom stereocenters. The molecule has 2 aromatic carbocycles. The summed E-state index contributed by atoms with van der Waals surface area (Å²) >= 11 is 1.33. The quantitative estimate of drug-likeness (QED) is 0.145. The normalized spacial score (nSPS) is 13.3. The second-order valence-corrected chi connectivity index (χ2v) is 9.74. The second kappa shape index (κ2) is 10.8. The van der Waals surface area contributed by atoms with Gasteiger partial charge in [0, 0.05) is 30.2 Å². The SMILES string of the molecule is C.O=C(NC1CC1)c1nc(NCCCc2ccc(C(F)(F)F)cc2)sc1-c1ccc2cnc(F)cc2c1. The van der Waals surface area contributed by atoms with E-state index in [4.69, 9.17) is 0 Å². The molecule has 1 fully saturated rings. The van der Waals surface area contributed by atoms with Gasteiger partial charge in [0.25, 0.3) is 5.91 Å². The zero-order chi connectivity index (χ0) is 25.3. The Hall–Kier alpha value is -3.53. The first-order valence-electron chi connectivity index (χ1n) is 11.5. The van der Waals surface area contributed by atoms with Crippen LogP contribution in [0.5, 0.6) is 0 Å². The minimum absolute atomic E-state index is 0. The van der Waals surface area contributed by atoms with Crippen LogP contribution in [-0.2, 0) is 12.6 Å². The summed E-state index contributed by atoms with van der Waals surface area (Å²) < 4.78 is 51.9. The summed E-state index contributed by atoms with van der Waals surface area (Å²) in [5.41, 5.74) is 1.21. The van der Waals surface area contributed by atoms with Crippen molar-refractivity contribution in [3.8, 4) is 10.4 Å². The number of alkyl halides is 3. The van der Waals surface area contributed by atoms with Crippen LogP contribution in [-0.4, -0.2) is 28.5 Å². The van der Waals surface area contributed by atoms with Crippen molar-refractivity contribution in [1.29, 1.82) is 0 Å². The molecule has 0 radical (unpaired) electrons. The summed E-state index contributed by atoms with van der Waals surface area (Å²) in [4.78, 5) is 21.8. The molecular formula is C27H26F4N4OS. The maximum Gasteiger partial charge on any atom is 0.416 e. The number of aromatic nitrogens is 2. The smallest absolute Gasteiger partial charge is 0.361 e. The van der Waals surface area contributed by atoms with Crippen LogP contribution in [0.4, 0.5) is 22.7 Å². The first-order chi connectivity index (χ1) is 17.3. The molecule has 1 aliphatic carbocycles. The van der Waals surface area contributed by atoms with E-state index in [0.29, 0.717) is 40.5 Å². The molecule has 0 aliphatic heterocycles. The van der Waals surface area contributed by atoms with E-state index in [1.165, 1.54) is 35.7 Å². The van der Waals surface area contributed by atoms with E-state index in [-0.39, 0.29) is 19.4 Å². The Bertz CT molecular complexity index is 1400. The zero-order valence-corrected chi connectivity index (χ0v) is 19.8. The monoisotopic (exact) mass is 530 g/mol. The number of thiazole rings is 1. The van der Waals surface area contributed by atoms with Crippen LogP contribution in [0.25, 0.3) is 21.2 Å². The lowest BCUT2D eigenvalue weighted by Crippen LogP contribution is -2.26. The van der Waals surface area contributed by atoms with Gasteiger partial charge < -0.3 is 10.6 Å². The van der Waals surface area contributed by atoms with E-state index >= 15 is 0 Å². The standard InChI is InChI=1S/C26H22F4N4OS.CH4/c27-21-13-18-12-16(5-6-17(18)14-32-21)23-22(24(35)33-20-9-10-20)34-25(36-23)31-11-1-2-15-3-7-19(8-4-15)26(28,29)30;/h3-8,12-14,20H,1-2,9-11H2,(H,31,34)(H,33,35);1H4. The first-order valence-corrected chi connectivity index (χ1v) is 12.4. The Morgan fingerprint density at radius 3 is 2.51 bits per heavy atom. The Kier molecular flexibility index (Phi) is 7.77. The molecule has 4 aromatic rings. The van der Waals surface area contributed by atoms with Gasteiger partial charge in [0.1, 0.15) is 5.69 Å². The summed E-state index contributed by atoms with van der Waals surface area (Å²) in [6.45, 7) is 0.534. The third-order valence-electron chi connectivity index (χ3n) is 5.91. The van der Waals surface area contributed by atoms with Crippen molar-refractivity contribution >= 4 is 33.1 Å². The van der Waals surface area contributed by atoms with Crippen LogP contribution in [0.1, 0.15) is 48.3 Å². The lowest BCUT2D eigenvalue weighted by molar-refractivity contribution is -0.137. The molecule has 5 nitrogen and oxygen atoms in total.